The lowest BCUT2D eigenvalue weighted by Gasteiger charge is -2.19. The van der Waals surface area contributed by atoms with Crippen LogP contribution in [0.3, 0.4) is 0 Å². The van der Waals surface area contributed by atoms with Crippen molar-refractivity contribution in [1.82, 2.24) is 25.4 Å². The first kappa shape index (κ1) is 18.5. The SMILES string of the molecule is O=C(CCc1nc(-c2ccccn2)no1)NC(c1ccccc1)c1ccncc1. The molecule has 3 aromatic heterocycles. The van der Waals surface area contributed by atoms with E-state index in [1.54, 1.807) is 24.7 Å². The number of hydrogen-bond donors (Lipinski definition) is 1. The lowest BCUT2D eigenvalue weighted by Crippen LogP contribution is -2.29. The Labute approximate surface area is 167 Å². The number of aryl methyl sites for hydroxylation is 1. The van der Waals surface area contributed by atoms with E-state index < -0.39 is 0 Å². The molecule has 1 N–H and O–H groups in total. The second-order valence-electron chi connectivity index (χ2n) is 6.42. The van der Waals surface area contributed by atoms with Crippen LogP contribution in [0.15, 0.2) is 83.8 Å². The first-order valence-corrected chi connectivity index (χ1v) is 9.28. The molecule has 144 valence electrons. The summed E-state index contributed by atoms with van der Waals surface area (Å²) >= 11 is 0. The van der Waals surface area contributed by atoms with Gasteiger partial charge in [-0.3, -0.25) is 14.8 Å². The number of carbonyl (C=O) groups is 1. The van der Waals surface area contributed by atoms with E-state index in [0.29, 0.717) is 23.8 Å². The van der Waals surface area contributed by atoms with Gasteiger partial charge in [0.05, 0.1) is 6.04 Å². The lowest BCUT2D eigenvalue weighted by atomic mass is 9.99. The molecule has 0 saturated carbocycles. The van der Waals surface area contributed by atoms with Gasteiger partial charge in [-0.05, 0) is 35.4 Å². The summed E-state index contributed by atoms with van der Waals surface area (Å²) in [6.45, 7) is 0. The summed E-state index contributed by atoms with van der Waals surface area (Å²) in [6.07, 6.45) is 5.69. The van der Waals surface area contributed by atoms with Crippen molar-refractivity contribution in [2.75, 3.05) is 0 Å². The van der Waals surface area contributed by atoms with Gasteiger partial charge in [0, 0.05) is 31.4 Å². The summed E-state index contributed by atoms with van der Waals surface area (Å²) in [5.41, 5.74) is 2.60. The minimum Gasteiger partial charge on any atom is -0.345 e. The van der Waals surface area contributed by atoms with Gasteiger partial charge in [-0.25, -0.2) is 0 Å². The summed E-state index contributed by atoms with van der Waals surface area (Å²) in [5, 5.41) is 7.02. The number of carbonyl (C=O) groups excluding carboxylic acids is 1. The van der Waals surface area contributed by atoms with Crippen molar-refractivity contribution in [1.29, 1.82) is 0 Å². The molecule has 0 aliphatic carbocycles. The van der Waals surface area contributed by atoms with Gasteiger partial charge in [-0.2, -0.15) is 4.98 Å². The Morgan fingerprint density at radius 3 is 2.45 bits per heavy atom. The summed E-state index contributed by atoms with van der Waals surface area (Å²) in [7, 11) is 0. The number of aromatic nitrogens is 4. The molecule has 29 heavy (non-hydrogen) atoms. The molecule has 1 amide bonds. The summed E-state index contributed by atoms with van der Waals surface area (Å²) < 4.78 is 5.25. The molecule has 0 spiro atoms. The number of nitrogens with one attached hydrogen (secondary N) is 1. The van der Waals surface area contributed by atoms with Crippen molar-refractivity contribution in [3.05, 3.63) is 96.3 Å². The van der Waals surface area contributed by atoms with Crippen molar-refractivity contribution in [3.63, 3.8) is 0 Å². The Morgan fingerprint density at radius 2 is 1.69 bits per heavy atom. The van der Waals surface area contributed by atoms with Crippen LogP contribution in [0.4, 0.5) is 0 Å². The molecular formula is C22H19N5O2. The molecule has 0 fully saturated rings. The van der Waals surface area contributed by atoms with E-state index in [2.05, 4.69) is 25.4 Å². The molecule has 4 aromatic rings. The minimum atomic E-state index is -0.251. The minimum absolute atomic E-state index is 0.103. The second-order valence-corrected chi connectivity index (χ2v) is 6.42. The van der Waals surface area contributed by atoms with E-state index in [1.165, 1.54) is 0 Å². The van der Waals surface area contributed by atoms with Crippen LogP contribution in [0.25, 0.3) is 11.5 Å². The van der Waals surface area contributed by atoms with Crippen LogP contribution in [0.2, 0.25) is 0 Å². The molecule has 0 bridgehead atoms. The summed E-state index contributed by atoms with van der Waals surface area (Å²) in [6, 6.07) is 18.9. The first-order chi connectivity index (χ1) is 14.3. The van der Waals surface area contributed by atoms with Crippen molar-refractivity contribution >= 4 is 5.91 Å². The molecule has 0 saturated heterocycles. The molecule has 1 atom stereocenters. The Morgan fingerprint density at radius 1 is 0.931 bits per heavy atom. The van der Waals surface area contributed by atoms with Crippen molar-refractivity contribution in [2.24, 2.45) is 0 Å². The molecule has 4 rings (SSSR count). The predicted molar refractivity (Wildman–Crippen MR) is 107 cm³/mol. The van der Waals surface area contributed by atoms with Gasteiger partial charge in [0.25, 0.3) is 0 Å². The molecule has 0 radical (unpaired) electrons. The van der Waals surface area contributed by atoms with Crippen LogP contribution in [-0.4, -0.2) is 26.0 Å². The van der Waals surface area contributed by atoms with Gasteiger partial charge in [-0.1, -0.05) is 41.6 Å². The number of nitrogens with zero attached hydrogens (tertiary/aromatic N) is 4. The average molecular weight is 385 g/mol. The zero-order chi connectivity index (χ0) is 19.9. The van der Waals surface area contributed by atoms with Gasteiger partial charge in [0.1, 0.15) is 5.69 Å². The third-order valence-corrected chi connectivity index (χ3v) is 4.41. The lowest BCUT2D eigenvalue weighted by molar-refractivity contribution is -0.121. The van der Waals surface area contributed by atoms with E-state index in [4.69, 9.17) is 4.52 Å². The maximum atomic E-state index is 12.6. The van der Waals surface area contributed by atoms with E-state index in [0.717, 1.165) is 11.1 Å². The molecular weight excluding hydrogens is 366 g/mol. The largest absolute Gasteiger partial charge is 0.345 e. The normalized spacial score (nSPS) is 11.7. The standard InChI is InChI=1S/C22H19N5O2/c28-19(9-10-20-26-22(27-29-20)18-8-4-5-13-24-18)25-21(16-6-2-1-3-7-16)17-11-14-23-15-12-17/h1-8,11-15,21H,9-10H2,(H,25,28). The third kappa shape index (κ3) is 4.70. The average Bonchev–Trinajstić information content (AvgIpc) is 3.27. The smallest absolute Gasteiger partial charge is 0.227 e. The fourth-order valence-corrected chi connectivity index (χ4v) is 2.97. The number of hydrogen-bond acceptors (Lipinski definition) is 6. The van der Waals surface area contributed by atoms with Crippen LogP contribution in [0.1, 0.15) is 29.5 Å². The van der Waals surface area contributed by atoms with Crippen molar-refractivity contribution < 1.29 is 9.32 Å². The zero-order valence-corrected chi connectivity index (χ0v) is 15.6. The van der Waals surface area contributed by atoms with Crippen LogP contribution >= 0.6 is 0 Å². The highest BCUT2D eigenvalue weighted by molar-refractivity contribution is 5.77. The van der Waals surface area contributed by atoms with E-state index in [1.807, 2.05) is 54.6 Å². The number of benzene rings is 1. The van der Waals surface area contributed by atoms with Crippen LogP contribution in [0.5, 0.6) is 0 Å². The summed E-state index contributed by atoms with van der Waals surface area (Å²) in [5.74, 6) is 0.717. The van der Waals surface area contributed by atoms with Gasteiger partial charge in [-0.15, -0.1) is 0 Å². The molecule has 1 unspecified atom stereocenters. The van der Waals surface area contributed by atoms with Gasteiger partial charge >= 0.3 is 0 Å². The highest BCUT2D eigenvalue weighted by Crippen LogP contribution is 2.21. The zero-order valence-electron chi connectivity index (χ0n) is 15.6. The Bertz CT molecular complexity index is 1010. The molecule has 0 aliphatic heterocycles. The van der Waals surface area contributed by atoms with E-state index >= 15 is 0 Å². The maximum Gasteiger partial charge on any atom is 0.227 e. The Balaban J connectivity index is 1.42. The number of rotatable bonds is 7. The highest BCUT2D eigenvalue weighted by atomic mass is 16.5. The highest BCUT2D eigenvalue weighted by Gasteiger charge is 2.18. The van der Waals surface area contributed by atoms with Crippen LogP contribution in [0, 0.1) is 0 Å². The van der Waals surface area contributed by atoms with Crippen molar-refractivity contribution in [3.8, 4) is 11.5 Å². The van der Waals surface area contributed by atoms with E-state index in [-0.39, 0.29) is 18.4 Å². The molecule has 0 aliphatic rings. The van der Waals surface area contributed by atoms with Crippen LogP contribution in [-0.2, 0) is 11.2 Å². The molecule has 7 heteroatoms. The molecule has 7 nitrogen and oxygen atoms in total. The second kappa shape index (κ2) is 8.88. The predicted octanol–water partition coefficient (Wildman–Crippen LogP) is 3.37. The van der Waals surface area contributed by atoms with Crippen LogP contribution < -0.4 is 5.32 Å². The molecule has 1 aromatic carbocycles. The number of amides is 1. The fraction of sp³-hybridized carbons (Fsp3) is 0.136. The first-order valence-electron chi connectivity index (χ1n) is 9.28. The number of pyridine rings is 2. The van der Waals surface area contributed by atoms with Gasteiger partial charge in [0.15, 0.2) is 0 Å². The quantitative estimate of drug-likeness (QED) is 0.524. The van der Waals surface area contributed by atoms with Crippen molar-refractivity contribution in [2.45, 2.75) is 18.9 Å². The summed E-state index contributed by atoms with van der Waals surface area (Å²) in [4.78, 5) is 25.2. The Kier molecular flexibility index (Phi) is 5.66. The van der Waals surface area contributed by atoms with Gasteiger partial charge in [0.2, 0.25) is 17.6 Å². The third-order valence-electron chi connectivity index (χ3n) is 4.41. The van der Waals surface area contributed by atoms with E-state index in [9.17, 15) is 4.79 Å². The maximum absolute atomic E-state index is 12.6. The molecule has 3 heterocycles. The fourth-order valence-electron chi connectivity index (χ4n) is 2.97. The topological polar surface area (TPSA) is 93.8 Å². The Hall–Kier alpha value is -3.87. The van der Waals surface area contributed by atoms with Gasteiger partial charge < -0.3 is 9.84 Å². The monoisotopic (exact) mass is 385 g/mol.